The third-order valence-electron chi connectivity index (χ3n) is 6.42. The van der Waals surface area contributed by atoms with Crippen LogP contribution in [0.1, 0.15) is 62.4 Å². The van der Waals surface area contributed by atoms with Crippen LogP contribution in [0.5, 0.6) is 5.75 Å². The molecule has 1 N–H and O–H groups in total. The molecule has 3 aromatic rings. The van der Waals surface area contributed by atoms with Crippen molar-refractivity contribution in [1.82, 2.24) is 15.4 Å². The minimum Gasteiger partial charge on any atom is -0.488 e. The van der Waals surface area contributed by atoms with Crippen LogP contribution >= 0.6 is 0 Å². The predicted molar refractivity (Wildman–Crippen MR) is 148 cm³/mol. The molecule has 38 heavy (non-hydrogen) atoms. The summed E-state index contributed by atoms with van der Waals surface area (Å²) in [5.74, 6) is 1.30. The van der Waals surface area contributed by atoms with Gasteiger partial charge in [-0.25, -0.2) is 4.79 Å². The Kier molecular flexibility index (Phi) is 10.1. The average molecular weight is 521 g/mol. The lowest BCUT2D eigenvalue weighted by Crippen LogP contribution is -2.41. The summed E-state index contributed by atoms with van der Waals surface area (Å²) < 4.78 is 17.2. The van der Waals surface area contributed by atoms with E-state index in [1.165, 1.54) is 0 Å². The number of benzene rings is 2. The van der Waals surface area contributed by atoms with Crippen LogP contribution in [0.2, 0.25) is 0 Å². The lowest BCUT2D eigenvalue weighted by atomic mass is 9.91. The van der Waals surface area contributed by atoms with Crippen LogP contribution in [0.3, 0.4) is 0 Å². The number of nitriles is 1. The van der Waals surface area contributed by atoms with Gasteiger partial charge in [0.05, 0.1) is 17.3 Å². The third kappa shape index (κ3) is 7.96. The molecule has 0 spiro atoms. The molecule has 1 aliphatic heterocycles. The summed E-state index contributed by atoms with van der Waals surface area (Å²) in [7, 11) is 3.75. The Bertz CT molecular complexity index is 1250. The first-order valence-corrected chi connectivity index (χ1v) is 13.2. The predicted octanol–water partition coefficient (Wildman–Crippen LogP) is 6.00. The summed E-state index contributed by atoms with van der Waals surface area (Å²) in [6, 6.07) is 13.5. The van der Waals surface area contributed by atoms with Gasteiger partial charge in [-0.1, -0.05) is 17.3 Å². The molecule has 204 valence electrons. The number of hydrogen-bond acceptors (Lipinski definition) is 7. The van der Waals surface area contributed by atoms with Gasteiger partial charge in [-0.3, -0.25) is 0 Å². The van der Waals surface area contributed by atoms with Crippen molar-refractivity contribution in [2.45, 2.75) is 65.6 Å². The highest BCUT2D eigenvalue weighted by Crippen LogP contribution is 2.32. The lowest BCUT2D eigenvalue weighted by Gasteiger charge is -2.33. The number of carbonyl (C=O) groups excluding carboxylic acids is 1. The van der Waals surface area contributed by atoms with Gasteiger partial charge in [-0.2, -0.15) is 5.26 Å². The molecule has 1 aliphatic rings. The second-order valence-corrected chi connectivity index (χ2v) is 10.7. The topological polar surface area (TPSA) is 101 Å². The van der Waals surface area contributed by atoms with Crippen LogP contribution in [0.25, 0.3) is 11.0 Å². The van der Waals surface area contributed by atoms with E-state index in [2.05, 4.69) is 16.5 Å². The maximum Gasteiger partial charge on any atom is 0.410 e. The minimum atomic E-state index is -0.465. The van der Waals surface area contributed by atoms with Gasteiger partial charge >= 0.3 is 6.09 Å². The molecule has 8 nitrogen and oxygen atoms in total. The zero-order chi connectivity index (χ0) is 27.7. The van der Waals surface area contributed by atoms with Crippen molar-refractivity contribution in [2.24, 2.45) is 5.92 Å². The quantitative estimate of drug-likeness (QED) is 0.425. The van der Waals surface area contributed by atoms with E-state index in [0.717, 1.165) is 72.3 Å². The van der Waals surface area contributed by atoms with Crippen LogP contribution in [0.15, 0.2) is 40.9 Å². The zero-order valence-corrected chi connectivity index (χ0v) is 23.5. The first-order valence-electron chi connectivity index (χ1n) is 13.2. The number of amides is 1. The van der Waals surface area contributed by atoms with Crippen molar-refractivity contribution in [1.29, 1.82) is 5.26 Å². The number of fused-ring (bicyclic) bond motifs is 1. The van der Waals surface area contributed by atoms with Crippen molar-refractivity contribution in [3.63, 3.8) is 0 Å². The van der Waals surface area contributed by atoms with Crippen molar-refractivity contribution >= 4 is 17.1 Å². The van der Waals surface area contributed by atoms with Crippen LogP contribution in [0.4, 0.5) is 4.79 Å². The highest BCUT2D eigenvalue weighted by Gasteiger charge is 2.27. The van der Waals surface area contributed by atoms with E-state index in [1.807, 2.05) is 77.0 Å². The van der Waals surface area contributed by atoms with Crippen molar-refractivity contribution in [3.8, 4) is 11.8 Å². The Morgan fingerprint density at radius 1 is 1.21 bits per heavy atom. The molecule has 4 rings (SSSR count). The molecule has 0 radical (unpaired) electrons. The largest absolute Gasteiger partial charge is 0.488 e. The molecule has 0 aliphatic carbocycles. The van der Waals surface area contributed by atoms with Gasteiger partial charge in [0, 0.05) is 24.0 Å². The molecule has 1 saturated heterocycles. The number of ether oxygens (including phenoxy) is 2. The van der Waals surface area contributed by atoms with E-state index >= 15 is 0 Å². The summed E-state index contributed by atoms with van der Waals surface area (Å²) in [6.45, 7) is 9.50. The molecule has 1 aromatic heterocycles. The highest BCUT2D eigenvalue weighted by atomic mass is 16.6. The molecule has 1 fully saturated rings. The van der Waals surface area contributed by atoms with Crippen molar-refractivity contribution in [2.75, 3.05) is 27.2 Å². The number of aromatic nitrogens is 1. The molecule has 2 heterocycles. The van der Waals surface area contributed by atoms with Gasteiger partial charge in [-0.15, -0.1) is 0 Å². The molecule has 0 saturated carbocycles. The molecular formula is C30H40N4O4. The van der Waals surface area contributed by atoms with E-state index in [1.54, 1.807) is 6.07 Å². The Morgan fingerprint density at radius 3 is 2.58 bits per heavy atom. The number of hydrogen-bond donors (Lipinski definition) is 1. The second kappa shape index (κ2) is 13.3. The maximum atomic E-state index is 12.3. The summed E-state index contributed by atoms with van der Waals surface area (Å²) in [5.41, 5.74) is 3.73. The van der Waals surface area contributed by atoms with Crippen LogP contribution in [0, 0.1) is 24.2 Å². The second-order valence-electron chi connectivity index (χ2n) is 10.7. The highest BCUT2D eigenvalue weighted by molar-refractivity contribution is 5.84. The standard InChI is InChI=1S/C28H33N3O4.C2H7N/c1-19-25(33-18-22-7-5-6-21(16-22)17-29)11-9-23-24(30-35-26(19)23)10-8-20-12-14-31(15-13-20)27(32)34-28(2,3)4;1-3-2/h5-7,9,11,16,20H,8,10,12-15,18H2,1-4H3;3H,1-2H3. The number of aryl methyl sites for hydroxylation is 2. The fourth-order valence-electron chi connectivity index (χ4n) is 4.47. The lowest BCUT2D eigenvalue weighted by molar-refractivity contribution is 0.0181. The number of rotatable bonds is 6. The Balaban J connectivity index is 0.00000127. The van der Waals surface area contributed by atoms with E-state index in [0.29, 0.717) is 18.1 Å². The smallest absolute Gasteiger partial charge is 0.410 e. The molecular weight excluding hydrogens is 480 g/mol. The molecule has 0 unspecified atom stereocenters. The maximum absolute atomic E-state index is 12.3. The molecule has 8 heteroatoms. The van der Waals surface area contributed by atoms with Crippen LogP contribution in [-0.2, 0) is 17.8 Å². The van der Waals surface area contributed by atoms with Gasteiger partial charge in [0.2, 0.25) is 0 Å². The number of piperidine rings is 1. The summed E-state index contributed by atoms with van der Waals surface area (Å²) >= 11 is 0. The number of likely N-dealkylation sites (tertiary alicyclic amines) is 1. The van der Waals surface area contributed by atoms with E-state index in [-0.39, 0.29) is 6.09 Å². The Labute approximate surface area is 225 Å². The van der Waals surface area contributed by atoms with Crippen molar-refractivity contribution < 1.29 is 18.8 Å². The van der Waals surface area contributed by atoms with Gasteiger partial charge in [-0.05, 0) is 103 Å². The summed E-state index contributed by atoms with van der Waals surface area (Å²) in [6.07, 6.45) is 3.57. The minimum absolute atomic E-state index is 0.218. The Hall–Kier alpha value is -3.57. The number of nitrogens with one attached hydrogen (secondary N) is 1. The van der Waals surface area contributed by atoms with E-state index in [9.17, 15) is 4.79 Å². The van der Waals surface area contributed by atoms with Crippen molar-refractivity contribution in [3.05, 3.63) is 58.8 Å². The molecule has 1 amide bonds. The van der Waals surface area contributed by atoms with Gasteiger partial charge in [0.15, 0.2) is 5.58 Å². The first kappa shape index (κ1) is 29.0. The zero-order valence-electron chi connectivity index (χ0n) is 23.5. The molecule has 2 aromatic carbocycles. The van der Waals surface area contributed by atoms with E-state index in [4.69, 9.17) is 19.3 Å². The summed E-state index contributed by atoms with van der Waals surface area (Å²) in [4.78, 5) is 14.1. The van der Waals surface area contributed by atoms with Gasteiger partial charge in [0.1, 0.15) is 18.0 Å². The van der Waals surface area contributed by atoms with Gasteiger partial charge < -0.3 is 24.2 Å². The van der Waals surface area contributed by atoms with Crippen LogP contribution < -0.4 is 10.1 Å². The fraction of sp³-hybridized carbons (Fsp3) is 0.500. The first-order chi connectivity index (χ1) is 18.1. The Morgan fingerprint density at radius 2 is 1.92 bits per heavy atom. The normalized spacial score (nSPS) is 14.0. The average Bonchev–Trinajstić information content (AvgIpc) is 3.31. The van der Waals surface area contributed by atoms with Crippen LogP contribution in [-0.4, -0.2) is 48.9 Å². The summed E-state index contributed by atoms with van der Waals surface area (Å²) in [5, 5.41) is 17.2. The third-order valence-corrected chi connectivity index (χ3v) is 6.42. The molecule has 0 bridgehead atoms. The van der Waals surface area contributed by atoms with Gasteiger partial charge in [0.25, 0.3) is 0 Å². The monoisotopic (exact) mass is 520 g/mol. The number of nitrogens with zero attached hydrogens (tertiary/aromatic N) is 3. The van der Waals surface area contributed by atoms with E-state index < -0.39 is 5.60 Å². The molecule has 0 atom stereocenters. The number of carbonyl (C=O) groups is 1. The SMILES string of the molecule is CNC.Cc1c(OCc2cccc(C#N)c2)ccc2c(CCC3CCN(C(=O)OC(C)(C)C)CC3)noc12. The fourth-order valence-corrected chi connectivity index (χ4v) is 4.47.